The number of carbonyl (C=O) groups excluding carboxylic acids is 2. The van der Waals surface area contributed by atoms with Gasteiger partial charge in [0.15, 0.2) is 0 Å². The largest absolute Gasteiger partial charge is 0.352 e. The average molecular weight is 524 g/mol. The van der Waals surface area contributed by atoms with Gasteiger partial charge in [0.05, 0.1) is 6.42 Å². The monoisotopic (exact) mass is 522 g/mol. The molecule has 0 aromatic heterocycles. The number of nitrogens with one attached hydrogen (secondary N) is 1. The summed E-state index contributed by atoms with van der Waals surface area (Å²) in [6, 6.07) is 24.1. The van der Waals surface area contributed by atoms with Crippen LogP contribution in [0.15, 0.2) is 78.9 Å². The molecule has 0 aliphatic heterocycles. The van der Waals surface area contributed by atoms with Crippen molar-refractivity contribution in [2.75, 3.05) is 0 Å². The van der Waals surface area contributed by atoms with Gasteiger partial charge in [-0.25, -0.2) is 0 Å². The molecule has 1 fully saturated rings. The highest BCUT2D eigenvalue weighted by atomic mass is 35.5. The third-order valence-electron chi connectivity index (χ3n) is 6.73. The fraction of sp³-hybridized carbons (Fsp3) is 0.333. The van der Waals surface area contributed by atoms with Gasteiger partial charge in [-0.3, -0.25) is 9.59 Å². The van der Waals surface area contributed by atoms with Crippen molar-refractivity contribution in [3.63, 3.8) is 0 Å². The molecule has 1 N–H and O–H groups in total. The molecule has 1 aliphatic carbocycles. The van der Waals surface area contributed by atoms with Gasteiger partial charge in [-0.05, 0) is 53.8 Å². The molecule has 0 saturated heterocycles. The normalized spacial score (nSPS) is 14.7. The minimum atomic E-state index is -0.642. The second kappa shape index (κ2) is 12.9. The van der Waals surface area contributed by atoms with Crippen molar-refractivity contribution in [1.29, 1.82) is 0 Å². The van der Waals surface area contributed by atoms with Crippen LogP contribution in [0.4, 0.5) is 0 Å². The summed E-state index contributed by atoms with van der Waals surface area (Å²) in [6.07, 6.45) is 6.02. The smallest absolute Gasteiger partial charge is 0.243 e. The molecule has 188 valence electrons. The number of carbonyl (C=O) groups is 2. The van der Waals surface area contributed by atoms with Crippen LogP contribution >= 0.6 is 23.2 Å². The molecule has 6 heteroatoms. The van der Waals surface area contributed by atoms with Crippen LogP contribution in [0.5, 0.6) is 0 Å². The number of amides is 2. The summed E-state index contributed by atoms with van der Waals surface area (Å²) in [7, 11) is 0. The van der Waals surface area contributed by atoms with E-state index in [-0.39, 0.29) is 24.3 Å². The van der Waals surface area contributed by atoms with E-state index >= 15 is 0 Å². The summed E-state index contributed by atoms with van der Waals surface area (Å²) in [5.41, 5.74) is 2.75. The minimum absolute atomic E-state index is 0.0980. The summed E-state index contributed by atoms with van der Waals surface area (Å²) >= 11 is 12.3. The maximum atomic E-state index is 13.8. The van der Waals surface area contributed by atoms with E-state index in [2.05, 4.69) is 5.32 Å². The number of hydrogen-bond donors (Lipinski definition) is 1. The molecule has 0 bridgehead atoms. The lowest BCUT2D eigenvalue weighted by atomic mass is 9.94. The summed E-state index contributed by atoms with van der Waals surface area (Å²) < 4.78 is 0. The number of halogens is 2. The predicted octanol–water partition coefficient (Wildman–Crippen LogP) is 6.62. The standard InChI is InChI=1S/C30H32Cl2N2O2/c31-25-16-14-23(15-17-25)21-34(29(35)20-24-10-7-11-26(32)18-24)28(19-22-8-3-1-4-9-22)30(36)33-27-12-5-2-6-13-27/h1,3-4,7-11,14-18,27-28H,2,5-6,12-13,19-21H2,(H,33,36)/t28-/m0/s1. The van der Waals surface area contributed by atoms with Crippen LogP contribution < -0.4 is 5.32 Å². The van der Waals surface area contributed by atoms with Gasteiger partial charge in [0.25, 0.3) is 0 Å². The molecule has 3 aromatic rings. The maximum Gasteiger partial charge on any atom is 0.243 e. The first-order valence-electron chi connectivity index (χ1n) is 12.6. The SMILES string of the molecule is O=C(NC1CCCCC1)[C@H](Cc1ccccc1)N(Cc1ccc(Cl)cc1)C(=O)Cc1cccc(Cl)c1. The summed E-state index contributed by atoms with van der Waals surface area (Å²) in [4.78, 5) is 29.3. The van der Waals surface area contributed by atoms with Gasteiger partial charge in [0, 0.05) is 29.1 Å². The molecule has 2 amide bonds. The van der Waals surface area contributed by atoms with Gasteiger partial charge in [0.1, 0.15) is 6.04 Å². The zero-order valence-corrected chi connectivity index (χ0v) is 21.8. The van der Waals surface area contributed by atoms with Crippen molar-refractivity contribution in [1.82, 2.24) is 10.2 Å². The Morgan fingerprint density at radius 3 is 2.19 bits per heavy atom. The fourth-order valence-corrected chi connectivity index (χ4v) is 5.15. The Labute approximate surface area is 223 Å². The lowest BCUT2D eigenvalue weighted by Gasteiger charge is -2.33. The minimum Gasteiger partial charge on any atom is -0.352 e. The Balaban J connectivity index is 1.65. The van der Waals surface area contributed by atoms with Crippen LogP contribution in [-0.4, -0.2) is 28.8 Å². The zero-order valence-electron chi connectivity index (χ0n) is 20.3. The molecule has 0 radical (unpaired) electrons. The van der Waals surface area contributed by atoms with Crippen molar-refractivity contribution in [3.8, 4) is 0 Å². The Morgan fingerprint density at radius 2 is 1.50 bits per heavy atom. The van der Waals surface area contributed by atoms with E-state index in [0.29, 0.717) is 23.0 Å². The third kappa shape index (κ3) is 7.59. The van der Waals surface area contributed by atoms with Gasteiger partial charge >= 0.3 is 0 Å². The second-order valence-corrected chi connectivity index (χ2v) is 10.4. The van der Waals surface area contributed by atoms with E-state index in [1.54, 1.807) is 17.0 Å². The average Bonchev–Trinajstić information content (AvgIpc) is 2.88. The van der Waals surface area contributed by atoms with Gasteiger partial charge in [-0.1, -0.05) is 97.1 Å². The number of benzene rings is 3. The molecular weight excluding hydrogens is 491 g/mol. The molecule has 3 aromatic carbocycles. The molecule has 1 saturated carbocycles. The van der Waals surface area contributed by atoms with Crippen LogP contribution in [-0.2, 0) is 29.0 Å². The molecule has 4 rings (SSSR count). The van der Waals surface area contributed by atoms with Crippen LogP contribution in [0.1, 0.15) is 48.8 Å². The van der Waals surface area contributed by atoms with Crippen LogP contribution in [0.25, 0.3) is 0 Å². The Kier molecular flexibility index (Phi) is 9.43. The molecule has 1 aliphatic rings. The van der Waals surface area contributed by atoms with Gasteiger partial charge in [-0.2, -0.15) is 0 Å². The lowest BCUT2D eigenvalue weighted by molar-refractivity contribution is -0.141. The highest BCUT2D eigenvalue weighted by Gasteiger charge is 2.32. The van der Waals surface area contributed by atoms with E-state index in [0.717, 1.165) is 42.4 Å². The van der Waals surface area contributed by atoms with Crippen LogP contribution in [0.2, 0.25) is 10.0 Å². The number of nitrogens with zero attached hydrogens (tertiary/aromatic N) is 1. The summed E-state index contributed by atoms with van der Waals surface area (Å²) in [6.45, 7) is 0.312. The third-order valence-corrected chi connectivity index (χ3v) is 7.22. The molecule has 4 nitrogen and oxygen atoms in total. The van der Waals surface area contributed by atoms with E-state index < -0.39 is 6.04 Å². The first kappa shape index (κ1) is 26.2. The number of hydrogen-bond acceptors (Lipinski definition) is 2. The molecule has 0 spiro atoms. The van der Waals surface area contributed by atoms with Gasteiger partial charge < -0.3 is 10.2 Å². The molecular formula is C30H32Cl2N2O2. The van der Waals surface area contributed by atoms with E-state index in [1.165, 1.54) is 6.42 Å². The van der Waals surface area contributed by atoms with Crippen molar-refractivity contribution in [3.05, 3.63) is 106 Å². The van der Waals surface area contributed by atoms with Crippen molar-refractivity contribution in [2.45, 2.75) is 63.6 Å². The molecule has 1 atom stereocenters. The molecule has 0 heterocycles. The highest BCUT2D eigenvalue weighted by Crippen LogP contribution is 2.21. The van der Waals surface area contributed by atoms with Crippen molar-refractivity contribution < 1.29 is 9.59 Å². The van der Waals surface area contributed by atoms with Crippen molar-refractivity contribution >= 4 is 35.0 Å². The quantitative estimate of drug-likeness (QED) is 0.343. The predicted molar refractivity (Wildman–Crippen MR) is 146 cm³/mol. The number of rotatable bonds is 9. The summed E-state index contributed by atoms with van der Waals surface area (Å²) in [5, 5.41) is 4.48. The highest BCUT2D eigenvalue weighted by molar-refractivity contribution is 6.30. The Bertz CT molecular complexity index is 1150. The van der Waals surface area contributed by atoms with Crippen LogP contribution in [0.3, 0.4) is 0 Å². The maximum absolute atomic E-state index is 13.8. The zero-order chi connectivity index (χ0) is 25.3. The van der Waals surface area contributed by atoms with E-state index in [4.69, 9.17) is 23.2 Å². The van der Waals surface area contributed by atoms with E-state index in [9.17, 15) is 9.59 Å². The topological polar surface area (TPSA) is 49.4 Å². The van der Waals surface area contributed by atoms with E-state index in [1.807, 2.05) is 66.7 Å². The molecule has 0 unspecified atom stereocenters. The first-order chi connectivity index (χ1) is 17.5. The Hall–Kier alpha value is -2.82. The van der Waals surface area contributed by atoms with Gasteiger partial charge in [-0.15, -0.1) is 0 Å². The van der Waals surface area contributed by atoms with Crippen molar-refractivity contribution in [2.24, 2.45) is 0 Å². The lowest BCUT2D eigenvalue weighted by Crippen LogP contribution is -2.53. The first-order valence-corrected chi connectivity index (χ1v) is 13.4. The Morgan fingerprint density at radius 1 is 0.806 bits per heavy atom. The van der Waals surface area contributed by atoms with Gasteiger partial charge in [0.2, 0.25) is 11.8 Å². The summed E-state index contributed by atoms with van der Waals surface area (Å²) in [5.74, 6) is -0.217. The van der Waals surface area contributed by atoms with Crippen LogP contribution in [0, 0.1) is 0 Å². The second-order valence-electron chi connectivity index (χ2n) is 9.50. The molecule has 36 heavy (non-hydrogen) atoms. The fourth-order valence-electron chi connectivity index (χ4n) is 4.81.